The first-order valence-electron chi connectivity index (χ1n) is 2.67. The normalized spacial score (nSPS) is 40.9. The van der Waals surface area contributed by atoms with Crippen LogP contribution in [-0.2, 0) is 0 Å². The lowest BCUT2D eigenvalue weighted by Gasteiger charge is -2.04. The summed E-state index contributed by atoms with van der Waals surface area (Å²) >= 11 is 0. The van der Waals surface area contributed by atoms with Gasteiger partial charge in [-0.05, 0) is 12.6 Å². The molecule has 1 fully saturated rings. The Bertz CT molecular complexity index is 58.7. The molecule has 0 amide bonds. The first-order chi connectivity index (χ1) is 3.30. The Balaban J connectivity index is 2.33. The van der Waals surface area contributed by atoms with Gasteiger partial charge in [0.15, 0.2) is 0 Å². The van der Waals surface area contributed by atoms with E-state index in [2.05, 4.69) is 0 Å². The standard InChI is InChI=1S/C4H9BO2/c6-3-1-5-2-4(3)7/h3-7H,1-2H2/t3-,4+. The molecule has 3 heteroatoms. The third kappa shape index (κ3) is 0.953. The third-order valence-corrected chi connectivity index (χ3v) is 1.44. The molecule has 0 unspecified atom stereocenters. The van der Waals surface area contributed by atoms with Crippen LogP contribution in [0.1, 0.15) is 0 Å². The second kappa shape index (κ2) is 1.84. The van der Waals surface area contributed by atoms with Crippen molar-refractivity contribution < 1.29 is 10.2 Å². The van der Waals surface area contributed by atoms with Gasteiger partial charge >= 0.3 is 0 Å². The summed E-state index contributed by atoms with van der Waals surface area (Å²) in [6, 6.07) is 0. The van der Waals surface area contributed by atoms with Gasteiger partial charge in [-0.25, -0.2) is 0 Å². The highest BCUT2D eigenvalue weighted by molar-refractivity contribution is 6.37. The molecular formula is C4H9BO2. The minimum Gasteiger partial charge on any atom is -0.391 e. The summed E-state index contributed by atoms with van der Waals surface area (Å²) in [5.41, 5.74) is 0. The lowest BCUT2D eigenvalue weighted by atomic mass is 9.77. The van der Waals surface area contributed by atoms with E-state index in [0.29, 0.717) is 0 Å². The molecule has 0 bridgehead atoms. The monoisotopic (exact) mass is 100 g/mol. The Morgan fingerprint density at radius 2 is 1.57 bits per heavy atom. The van der Waals surface area contributed by atoms with Gasteiger partial charge in [0.25, 0.3) is 0 Å². The average molecular weight is 99.9 g/mol. The van der Waals surface area contributed by atoms with Crippen LogP contribution in [0.15, 0.2) is 0 Å². The van der Waals surface area contributed by atoms with Crippen LogP contribution in [0, 0.1) is 0 Å². The van der Waals surface area contributed by atoms with Crippen LogP contribution in [0.4, 0.5) is 0 Å². The molecule has 0 saturated carbocycles. The fraction of sp³-hybridized carbons (Fsp3) is 1.00. The summed E-state index contributed by atoms with van der Waals surface area (Å²) in [6.45, 7) is 0. The molecule has 0 aromatic rings. The first kappa shape index (κ1) is 5.13. The number of rotatable bonds is 0. The Morgan fingerprint density at radius 1 is 1.14 bits per heavy atom. The van der Waals surface area contributed by atoms with Crippen molar-refractivity contribution in [2.45, 2.75) is 24.8 Å². The topological polar surface area (TPSA) is 40.5 Å². The highest BCUT2D eigenvalue weighted by atomic mass is 16.3. The summed E-state index contributed by atoms with van der Waals surface area (Å²) in [5.74, 6) is 0. The zero-order chi connectivity index (χ0) is 5.28. The van der Waals surface area contributed by atoms with Crippen LogP contribution < -0.4 is 0 Å². The molecule has 7 heavy (non-hydrogen) atoms. The minimum absolute atomic E-state index is 0.431. The number of hydrogen-bond acceptors (Lipinski definition) is 2. The predicted molar refractivity (Wildman–Crippen MR) is 28.8 cm³/mol. The van der Waals surface area contributed by atoms with Crippen LogP contribution >= 0.6 is 0 Å². The van der Waals surface area contributed by atoms with E-state index in [1.165, 1.54) is 0 Å². The number of aliphatic hydroxyl groups excluding tert-OH is 2. The lowest BCUT2D eigenvalue weighted by molar-refractivity contribution is 0.0542. The van der Waals surface area contributed by atoms with Gasteiger partial charge in [-0.2, -0.15) is 0 Å². The summed E-state index contributed by atoms with van der Waals surface area (Å²) in [7, 11) is 0.975. The molecule has 1 aliphatic rings. The van der Waals surface area contributed by atoms with Gasteiger partial charge in [0, 0.05) is 0 Å². The van der Waals surface area contributed by atoms with Crippen molar-refractivity contribution in [3.63, 3.8) is 0 Å². The van der Waals surface area contributed by atoms with Gasteiger partial charge in [-0.3, -0.25) is 0 Å². The average Bonchev–Trinajstić information content (AvgIpc) is 1.91. The first-order valence-corrected chi connectivity index (χ1v) is 2.67. The Kier molecular flexibility index (Phi) is 1.35. The van der Waals surface area contributed by atoms with E-state index in [9.17, 15) is 0 Å². The predicted octanol–water partition coefficient (Wildman–Crippen LogP) is -1.01. The van der Waals surface area contributed by atoms with Gasteiger partial charge in [0.2, 0.25) is 0 Å². The van der Waals surface area contributed by atoms with E-state index in [0.717, 1.165) is 19.9 Å². The molecule has 1 saturated heterocycles. The van der Waals surface area contributed by atoms with Gasteiger partial charge < -0.3 is 10.2 Å². The van der Waals surface area contributed by atoms with E-state index in [1.807, 2.05) is 0 Å². The van der Waals surface area contributed by atoms with Gasteiger partial charge in [0.1, 0.15) is 7.28 Å². The molecule has 0 aromatic heterocycles. The van der Waals surface area contributed by atoms with Gasteiger partial charge in [-0.1, -0.05) is 0 Å². The highest BCUT2D eigenvalue weighted by Gasteiger charge is 2.22. The molecule has 0 spiro atoms. The van der Waals surface area contributed by atoms with Crippen molar-refractivity contribution in [2.24, 2.45) is 0 Å². The van der Waals surface area contributed by atoms with Crippen molar-refractivity contribution >= 4 is 7.28 Å². The highest BCUT2D eigenvalue weighted by Crippen LogP contribution is 2.12. The van der Waals surface area contributed by atoms with Crippen molar-refractivity contribution in [3.8, 4) is 0 Å². The molecule has 1 heterocycles. The molecule has 2 atom stereocenters. The molecule has 0 aliphatic carbocycles. The zero-order valence-electron chi connectivity index (χ0n) is 4.17. The summed E-state index contributed by atoms with van der Waals surface area (Å²) in [4.78, 5) is 0. The minimum atomic E-state index is -0.431. The molecule has 1 rings (SSSR count). The van der Waals surface area contributed by atoms with E-state index in [-0.39, 0.29) is 0 Å². The van der Waals surface area contributed by atoms with E-state index < -0.39 is 12.2 Å². The SMILES string of the molecule is O[C@@H]1CBC[C@@H]1O. The van der Waals surface area contributed by atoms with Crippen LogP contribution in [-0.4, -0.2) is 29.7 Å². The Hall–Kier alpha value is -0.0151. The Labute approximate surface area is 43.4 Å². The molecule has 2 N–H and O–H groups in total. The largest absolute Gasteiger partial charge is 0.391 e. The second-order valence-corrected chi connectivity index (χ2v) is 2.07. The summed E-state index contributed by atoms with van der Waals surface area (Å²) in [5, 5.41) is 17.5. The Morgan fingerprint density at radius 3 is 1.71 bits per heavy atom. The maximum atomic E-state index is 8.75. The van der Waals surface area contributed by atoms with Crippen LogP contribution in [0.2, 0.25) is 12.6 Å². The van der Waals surface area contributed by atoms with Crippen molar-refractivity contribution in [1.82, 2.24) is 0 Å². The maximum Gasteiger partial charge on any atom is 0.127 e. The van der Waals surface area contributed by atoms with Crippen LogP contribution in [0.3, 0.4) is 0 Å². The van der Waals surface area contributed by atoms with E-state index in [1.54, 1.807) is 0 Å². The van der Waals surface area contributed by atoms with E-state index in [4.69, 9.17) is 10.2 Å². The van der Waals surface area contributed by atoms with Crippen molar-refractivity contribution in [3.05, 3.63) is 0 Å². The maximum absolute atomic E-state index is 8.75. The van der Waals surface area contributed by atoms with Crippen LogP contribution in [0.5, 0.6) is 0 Å². The lowest BCUT2D eigenvalue weighted by Crippen LogP contribution is -2.16. The second-order valence-electron chi connectivity index (χ2n) is 2.07. The molecular weight excluding hydrogens is 90.9 g/mol. The van der Waals surface area contributed by atoms with Crippen molar-refractivity contribution in [2.75, 3.05) is 0 Å². The quantitative estimate of drug-likeness (QED) is 0.383. The number of aliphatic hydroxyl groups is 2. The summed E-state index contributed by atoms with van der Waals surface area (Å²) in [6.07, 6.45) is 0.697. The summed E-state index contributed by atoms with van der Waals surface area (Å²) < 4.78 is 0. The molecule has 2 nitrogen and oxygen atoms in total. The molecule has 0 aromatic carbocycles. The third-order valence-electron chi connectivity index (χ3n) is 1.44. The van der Waals surface area contributed by atoms with Gasteiger partial charge in [-0.15, -0.1) is 0 Å². The van der Waals surface area contributed by atoms with Crippen LogP contribution in [0.25, 0.3) is 0 Å². The fourth-order valence-electron chi connectivity index (χ4n) is 0.921. The molecule has 1 aliphatic heterocycles. The fourth-order valence-corrected chi connectivity index (χ4v) is 0.921. The van der Waals surface area contributed by atoms with Crippen molar-refractivity contribution in [1.29, 1.82) is 0 Å². The molecule has 40 valence electrons. The number of hydrogen-bond donors (Lipinski definition) is 2. The van der Waals surface area contributed by atoms with E-state index >= 15 is 0 Å². The smallest absolute Gasteiger partial charge is 0.127 e. The zero-order valence-corrected chi connectivity index (χ0v) is 4.17. The molecule has 0 radical (unpaired) electrons. The van der Waals surface area contributed by atoms with Gasteiger partial charge in [0.05, 0.1) is 12.2 Å².